The SMILES string of the molecule is [O-][n+]1cccc(CCCCCCCCCCCl)c1. The number of nitrogens with zero attached hydrogens (tertiary/aromatic N) is 1. The van der Waals surface area contributed by atoms with Crippen molar-refractivity contribution in [3.63, 3.8) is 0 Å². The van der Waals surface area contributed by atoms with Crippen molar-refractivity contribution < 1.29 is 4.73 Å². The largest absolute Gasteiger partial charge is 0.619 e. The normalized spacial score (nSPS) is 10.7. The summed E-state index contributed by atoms with van der Waals surface area (Å²) < 4.78 is 0.881. The Morgan fingerprint density at radius 2 is 1.56 bits per heavy atom. The molecule has 0 aliphatic carbocycles. The van der Waals surface area contributed by atoms with Crippen LogP contribution in [0.2, 0.25) is 0 Å². The van der Waals surface area contributed by atoms with E-state index in [-0.39, 0.29) is 0 Å². The highest BCUT2D eigenvalue weighted by atomic mass is 35.5. The van der Waals surface area contributed by atoms with Crippen LogP contribution in [0.1, 0.15) is 56.9 Å². The van der Waals surface area contributed by atoms with Crippen LogP contribution in [0.3, 0.4) is 0 Å². The van der Waals surface area contributed by atoms with E-state index in [9.17, 15) is 5.21 Å². The average molecular weight is 270 g/mol. The van der Waals surface area contributed by atoms with Gasteiger partial charge in [0.05, 0.1) is 0 Å². The molecular weight excluding hydrogens is 246 g/mol. The summed E-state index contributed by atoms with van der Waals surface area (Å²) in [5.41, 5.74) is 1.15. The van der Waals surface area contributed by atoms with Gasteiger partial charge in [0.1, 0.15) is 0 Å². The molecule has 0 saturated carbocycles. The highest BCUT2D eigenvalue weighted by molar-refractivity contribution is 6.17. The second kappa shape index (κ2) is 10.2. The smallest absolute Gasteiger partial charge is 0.183 e. The maximum atomic E-state index is 11.1. The molecule has 0 spiro atoms. The summed E-state index contributed by atoms with van der Waals surface area (Å²) in [6, 6.07) is 3.85. The number of pyridine rings is 1. The molecule has 0 aliphatic heterocycles. The lowest BCUT2D eigenvalue weighted by molar-refractivity contribution is -0.605. The van der Waals surface area contributed by atoms with E-state index in [0.717, 1.165) is 29.0 Å². The molecule has 0 amide bonds. The number of hydrogen-bond acceptors (Lipinski definition) is 1. The molecule has 1 aromatic rings. The molecule has 0 radical (unpaired) electrons. The molecule has 0 aliphatic rings. The van der Waals surface area contributed by atoms with Crippen molar-refractivity contribution in [2.75, 3.05) is 5.88 Å². The van der Waals surface area contributed by atoms with Crippen molar-refractivity contribution in [1.82, 2.24) is 0 Å². The van der Waals surface area contributed by atoms with Gasteiger partial charge in [-0.2, -0.15) is 4.73 Å². The molecule has 0 N–H and O–H groups in total. The van der Waals surface area contributed by atoms with Crippen molar-refractivity contribution in [1.29, 1.82) is 0 Å². The Morgan fingerprint density at radius 1 is 0.944 bits per heavy atom. The molecule has 1 heterocycles. The zero-order valence-corrected chi connectivity index (χ0v) is 11.9. The Bertz CT molecular complexity index is 317. The lowest BCUT2D eigenvalue weighted by Gasteiger charge is -2.02. The molecular formula is C15H24ClNO. The lowest BCUT2D eigenvalue weighted by atomic mass is 10.1. The number of unbranched alkanes of at least 4 members (excludes halogenated alkanes) is 7. The van der Waals surface area contributed by atoms with Gasteiger partial charge in [-0.25, -0.2) is 0 Å². The first-order valence-corrected chi connectivity index (χ1v) is 7.60. The lowest BCUT2D eigenvalue weighted by Crippen LogP contribution is -2.24. The summed E-state index contributed by atoms with van der Waals surface area (Å²) in [4.78, 5) is 0. The van der Waals surface area contributed by atoms with Gasteiger partial charge in [0.2, 0.25) is 0 Å². The number of alkyl halides is 1. The summed E-state index contributed by atoms with van der Waals surface area (Å²) >= 11 is 5.63. The Hall–Kier alpha value is -0.760. The maximum absolute atomic E-state index is 11.1. The van der Waals surface area contributed by atoms with Gasteiger partial charge >= 0.3 is 0 Å². The number of halogens is 1. The van der Waals surface area contributed by atoms with E-state index in [2.05, 4.69) is 0 Å². The van der Waals surface area contributed by atoms with Crippen molar-refractivity contribution >= 4 is 11.6 Å². The molecule has 1 aromatic heterocycles. The Kier molecular flexibility index (Phi) is 8.66. The molecule has 102 valence electrons. The van der Waals surface area contributed by atoms with Gasteiger partial charge in [-0.15, -0.1) is 11.6 Å². The van der Waals surface area contributed by atoms with Crippen molar-refractivity contribution in [3.05, 3.63) is 35.3 Å². The third kappa shape index (κ3) is 7.54. The number of hydrogen-bond donors (Lipinski definition) is 0. The first-order chi connectivity index (χ1) is 8.83. The van der Waals surface area contributed by atoms with E-state index in [1.165, 1.54) is 51.1 Å². The zero-order chi connectivity index (χ0) is 13.1. The van der Waals surface area contributed by atoms with Crippen LogP contribution in [0, 0.1) is 5.21 Å². The average Bonchev–Trinajstić information content (AvgIpc) is 2.37. The standard InChI is InChI=1S/C15H24ClNO/c16-12-8-6-4-2-1-3-5-7-10-15-11-9-13-17(18)14-15/h9,11,13-14H,1-8,10,12H2. The van der Waals surface area contributed by atoms with Gasteiger partial charge in [0, 0.05) is 17.5 Å². The number of aromatic nitrogens is 1. The molecule has 0 bridgehead atoms. The van der Waals surface area contributed by atoms with Gasteiger partial charge in [0.15, 0.2) is 12.4 Å². The molecule has 1 rings (SSSR count). The summed E-state index contributed by atoms with van der Waals surface area (Å²) in [6.45, 7) is 0. The van der Waals surface area contributed by atoms with Crippen LogP contribution in [0.5, 0.6) is 0 Å². The van der Waals surface area contributed by atoms with Gasteiger partial charge in [0.25, 0.3) is 0 Å². The summed E-state index contributed by atoms with van der Waals surface area (Å²) in [7, 11) is 0. The van der Waals surface area contributed by atoms with E-state index in [0.29, 0.717) is 0 Å². The summed E-state index contributed by atoms with van der Waals surface area (Å²) in [5.74, 6) is 0.802. The first-order valence-electron chi connectivity index (χ1n) is 7.06. The number of rotatable bonds is 10. The third-order valence-electron chi connectivity index (χ3n) is 3.19. The van der Waals surface area contributed by atoms with Crippen LogP contribution < -0.4 is 4.73 Å². The second-order valence-electron chi connectivity index (χ2n) is 4.84. The Morgan fingerprint density at radius 3 is 2.17 bits per heavy atom. The van der Waals surface area contributed by atoms with E-state index < -0.39 is 0 Å². The van der Waals surface area contributed by atoms with Crippen LogP contribution >= 0.6 is 11.6 Å². The predicted octanol–water partition coefficient (Wildman–Crippen LogP) is 4.22. The van der Waals surface area contributed by atoms with Gasteiger partial charge in [-0.3, -0.25) is 0 Å². The monoisotopic (exact) mass is 269 g/mol. The highest BCUT2D eigenvalue weighted by Gasteiger charge is 1.97. The fourth-order valence-electron chi connectivity index (χ4n) is 2.13. The van der Waals surface area contributed by atoms with Crippen LogP contribution in [-0.2, 0) is 6.42 Å². The Labute approximate surface area is 116 Å². The molecule has 3 heteroatoms. The van der Waals surface area contributed by atoms with Crippen LogP contribution in [-0.4, -0.2) is 5.88 Å². The van der Waals surface area contributed by atoms with E-state index in [1.54, 1.807) is 6.20 Å². The van der Waals surface area contributed by atoms with Crippen molar-refractivity contribution in [2.45, 2.75) is 57.8 Å². The minimum atomic E-state index is 0.802. The molecule has 0 atom stereocenters. The quantitative estimate of drug-likeness (QED) is 0.270. The van der Waals surface area contributed by atoms with Crippen molar-refractivity contribution in [3.8, 4) is 0 Å². The summed E-state index contributed by atoms with van der Waals surface area (Å²) in [5, 5.41) is 11.1. The summed E-state index contributed by atoms with van der Waals surface area (Å²) in [6.07, 6.45) is 14.4. The maximum Gasteiger partial charge on any atom is 0.183 e. The Balaban J connectivity index is 1.92. The fourth-order valence-corrected chi connectivity index (χ4v) is 2.32. The van der Waals surface area contributed by atoms with Crippen LogP contribution in [0.15, 0.2) is 24.5 Å². The molecule has 0 saturated heterocycles. The predicted molar refractivity (Wildman–Crippen MR) is 76.8 cm³/mol. The molecule has 18 heavy (non-hydrogen) atoms. The van der Waals surface area contributed by atoms with Gasteiger partial charge < -0.3 is 5.21 Å². The minimum absolute atomic E-state index is 0.802. The molecule has 0 fully saturated rings. The third-order valence-corrected chi connectivity index (χ3v) is 3.45. The first kappa shape index (κ1) is 15.3. The molecule has 0 unspecified atom stereocenters. The van der Waals surface area contributed by atoms with E-state index in [1.807, 2.05) is 12.1 Å². The van der Waals surface area contributed by atoms with E-state index in [4.69, 9.17) is 11.6 Å². The van der Waals surface area contributed by atoms with Gasteiger partial charge in [-0.1, -0.05) is 38.5 Å². The fraction of sp³-hybridized carbons (Fsp3) is 0.667. The van der Waals surface area contributed by atoms with Crippen molar-refractivity contribution in [2.24, 2.45) is 0 Å². The topological polar surface area (TPSA) is 26.9 Å². The zero-order valence-electron chi connectivity index (χ0n) is 11.1. The highest BCUT2D eigenvalue weighted by Crippen LogP contribution is 2.10. The molecule has 0 aromatic carbocycles. The minimum Gasteiger partial charge on any atom is -0.619 e. The second-order valence-corrected chi connectivity index (χ2v) is 5.22. The number of aryl methyl sites for hydroxylation is 1. The van der Waals surface area contributed by atoms with E-state index >= 15 is 0 Å². The van der Waals surface area contributed by atoms with Crippen LogP contribution in [0.4, 0.5) is 0 Å². The van der Waals surface area contributed by atoms with Crippen LogP contribution in [0.25, 0.3) is 0 Å². The van der Waals surface area contributed by atoms with Gasteiger partial charge in [-0.05, 0) is 25.3 Å². The molecule has 2 nitrogen and oxygen atoms in total.